The van der Waals surface area contributed by atoms with Crippen molar-refractivity contribution in [2.45, 2.75) is 20.0 Å². The van der Waals surface area contributed by atoms with E-state index in [1.807, 2.05) is 37.3 Å². The maximum Gasteiger partial charge on any atom is 0.356 e. The molecule has 5 heteroatoms. The first-order valence-electron chi connectivity index (χ1n) is 6.15. The second kappa shape index (κ2) is 6.04. The molecule has 0 aliphatic carbocycles. The summed E-state index contributed by atoms with van der Waals surface area (Å²) in [6.07, 6.45) is -0.248. The Labute approximate surface area is 111 Å². The number of hydrogen-bond donors (Lipinski definition) is 1. The summed E-state index contributed by atoms with van der Waals surface area (Å²) in [5, 5.41) is 6.72. The highest BCUT2D eigenvalue weighted by Gasteiger charge is 2.15. The minimum atomic E-state index is -0.409. The summed E-state index contributed by atoms with van der Waals surface area (Å²) in [7, 11) is 0. The van der Waals surface area contributed by atoms with Crippen molar-refractivity contribution in [3.05, 3.63) is 47.8 Å². The van der Waals surface area contributed by atoms with Crippen LogP contribution in [0.5, 0.6) is 5.75 Å². The molecular formula is C14H16N2O3. The molecule has 1 aromatic heterocycles. The van der Waals surface area contributed by atoms with Gasteiger partial charge in [-0.15, -0.1) is 0 Å². The van der Waals surface area contributed by atoms with E-state index in [1.54, 1.807) is 13.0 Å². The Bertz CT molecular complexity index is 537. The highest BCUT2D eigenvalue weighted by molar-refractivity contribution is 5.87. The van der Waals surface area contributed by atoms with Crippen LogP contribution >= 0.6 is 0 Å². The van der Waals surface area contributed by atoms with Gasteiger partial charge in [0.05, 0.1) is 6.61 Å². The molecule has 0 aliphatic heterocycles. The quantitative estimate of drug-likeness (QED) is 0.839. The molecule has 19 heavy (non-hydrogen) atoms. The molecule has 0 aliphatic rings. The summed E-state index contributed by atoms with van der Waals surface area (Å²) in [6, 6.07) is 11.1. The topological polar surface area (TPSA) is 64.2 Å². The third kappa shape index (κ3) is 3.34. The Morgan fingerprint density at radius 3 is 2.79 bits per heavy atom. The summed E-state index contributed by atoms with van der Waals surface area (Å²) < 4.78 is 10.6. The van der Waals surface area contributed by atoms with Crippen LogP contribution in [0.25, 0.3) is 0 Å². The zero-order valence-corrected chi connectivity index (χ0v) is 10.9. The molecule has 1 atom stereocenters. The van der Waals surface area contributed by atoms with Crippen LogP contribution in [0.1, 0.15) is 36.1 Å². The Hall–Kier alpha value is -2.30. The molecule has 1 aromatic carbocycles. The fourth-order valence-corrected chi connectivity index (χ4v) is 1.62. The van der Waals surface area contributed by atoms with Crippen LogP contribution in [-0.4, -0.2) is 22.8 Å². The van der Waals surface area contributed by atoms with E-state index in [0.29, 0.717) is 18.0 Å². The number of carbonyl (C=O) groups excluding carboxylic acids is 1. The molecule has 5 nitrogen and oxygen atoms in total. The predicted molar refractivity (Wildman–Crippen MR) is 70.0 cm³/mol. The molecule has 0 saturated carbocycles. The molecule has 0 spiro atoms. The lowest BCUT2D eigenvalue weighted by atomic mass is 10.2. The Kier molecular flexibility index (Phi) is 4.18. The first kappa shape index (κ1) is 13.1. The number of benzene rings is 1. The summed E-state index contributed by atoms with van der Waals surface area (Å²) in [5.74, 6) is 0.351. The lowest BCUT2D eigenvalue weighted by Gasteiger charge is -2.11. The van der Waals surface area contributed by atoms with Crippen molar-refractivity contribution < 1.29 is 14.3 Å². The summed E-state index contributed by atoms with van der Waals surface area (Å²) in [6.45, 7) is 3.97. The van der Waals surface area contributed by atoms with Crippen LogP contribution < -0.4 is 4.74 Å². The second-order valence-corrected chi connectivity index (χ2v) is 4.00. The van der Waals surface area contributed by atoms with Gasteiger partial charge < -0.3 is 9.47 Å². The Balaban J connectivity index is 2.04. The number of nitrogens with zero attached hydrogens (tertiary/aromatic N) is 1. The Morgan fingerprint density at radius 1 is 1.37 bits per heavy atom. The molecule has 1 heterocycles. The number of carbonyl (C=O) groups is 1. The van der Waals surface area contributed by atoms with Gasteiger partial charge in [0.25, 0.3) is 0 Å². The van der Waals surface area contributed by atoms with Gasteiger partial charge in [0.15, 0.2) is 0 Å². The minimum Gasteiger partial charge on any atom is -0.484 e. The molecular weight excluding hydrogens is 244 g/mol. The fraction of sp³-hybridized carbons (Fsp3) is 0.286. The SMILES string of the molecule is CCOC(=O)c1cc(C(C)Oc2ccccc2)n[nH]1. The lowest BCUT2D eigenvalue weighted by Crippen LogP contribution is -2.05. The van der Waals surface area contributed by atoms with Crippen LogP contribution in [-0.2, 0) is 4.74 Å². The Morgan fingerprint density at radius 2 is 2.11 bits per heavy atom. The van der Waals surface area contributed by atoms with Gasteiger partial charge in [0.1, 0.15) is 23.2 Å². The van der Waals surface area contributed by atoms with Gasteiger partial charge in [0, 0.05) is 0 Å². The van der Waals surface area contributed by atoms with Crippen molar-refractivity contribution in [1.29, 1.82) is 0 Å². The van der Waals surface area contributed by atoms with Crippen LogP contribution in [0.3, 0.4) is 0 Å². The fourth-order valence-electron chi connectivity index (χ4n) is 1.62. The molecule has 2 rings (SSSR count). The van der Waals surface area contributed by atoms with E-state index < -0.39 is 5.97 Å². The molecule has 0 radical (unpaired) electrons. The number of ether oxygens (including phenoxy) is 2. The molecule has 100 valence electrons. The van der Waals surface area contributed by atoms with E-state index in [4.69, 9.17) is 9.47 Å². The summed E-state index contributed by atoms with van der Waals surface area (Å²) in [4.78, 5) is 11.5. The summed E-state index contributed by atoms with van der Waals surface area (Å²) in [5.41, 5.74) is 0.993. The van der Waals surface area contributed by atoms with Crippen molar-refractivity contribution in [2.75, 3.05) is 6.61 Å². The van der Waals surface area contributed by atoms with Crippen molar-refractivity contribution in [2.24, 2.45) is 0 Å². The highest BCUT2D eigenvalue weighted by atomic mass is 16.5. The van der Waals surface area contributed by atoms with E-state index in [9.17, 15) is 4.79 Å². The molecule has 1 unspecified atom stereocenters. The minimum absolute atomic E-state index is 0.248. The number of hydrogen-bond acceptors (Lipinski definition) is 4. The molecule has 0 bridgehead atoms. The van der Waals surface area contributed by atoms with Crippen LogP contribution in [0.2, 0.25) is 0 Å². The molecule has 0 fully saturated rings. The second-order valence-electron chi connectivity index (χ2n) is 4.00. The van der Waals surface area contributed by atoms with Crippen molar-refractivity contribution >= 4 is 5.97 Å². The number of aromatic amines is 1. The van der Waals surface area contributed by atoms with Crippen LogP contribution in [0.4, 0.5) is 0 Å². The zero-order chi connectivity index (χ0) is 13.7. The normalized spacial score (nSPS) is 11.9. The van der Waals surface area contributed by atoms with E-state index >= 15 is 0 Å². The summed E-state index contributed by atoms with van der Waals surface area (Å²) >= 11 is 0. The van der Waals surface area contributed by atoms with Gasteiger partial charge in [-0.25, -0.2) is 4.79 Å². The molecule has 0 saturated heterocycles. The van der Waals surface area contributed by atoms with E-state index in [-0.39, 0.29) is 6.10 Å². The highest BCUT2D eigenvalue weighted by Crippen LogP contribution is 2.20. The lowest BCUT2D eigenvalue weighted by molar-refractivity contribution is 0.0519. The maximum absolute atomic E-state index is 11.5. The third-order valence-electron chi connectivity index (χ3n) is 2.57. The number of rotatable bonds is 5. The van der Waals surface area contributed by atoms with Gasteiger partial charge >= 0.3 is 5.97 Å². The van der Waals surface area contributed by atoms with Crippen molar-refractivity contribution in [1.82, 2.24) is 10.2 Å². The van der Waals surface area contributed by atoms with Gasteiger partial charge in [-0.3, -0.25) is 5.10 Å². The monoisotopic (exact) mass is 260 g/mol. The molecule has 1 N–H and O–H groups in total. The zero-order valence-electron chi connectivity index (χ0n) is 10.9. The third-order valence-corrected chi connectivity index (χ3v) is 2.57. The average Bonchev–Trinajstić information content (AvgIpc) is 2.90. The van der Waals surface area contributed by atoms with Crippen molar-refractivity contribution in [3.8, 4) is 5.75 Å². The number of H-pyrrole nitrogens is 1. The number of nitrogens with one attached hydrogen (secondary N) is 1. The predicted octanol–water partition coefficient (Wildman–Crippen LogP) is 2.73. The van der Waals surface area contributed by atoms with E-state index in [0.717, 1.165) is 5.75 Å². The standard InChI is InChI=1S/C14H16N2O3/c1-3-18-14(17)13-9-12(15-16-13)10(2)19-11-7-5-4-6-8-11/h4-10H,3H2,1-2H3,(H,15,16). The molecule has 2 aromatic rings. The van der Waals surface area contributed by atoms with Crippen LogP contribution in [0.15, 0.2) is 36.4 Å². The number of esters is 1. The smallest absolute Gasteiger partial charge is 0.356 e. The largest absolute Gasteiger partial charge is 0.484 e. The van der Waals surface area contributed by atoms with Gasteiger partial charge in [-0.1, -0.05) is 18.2 Å². The van der Waals surface area contributed by atoms with Gasteiger partial charge in [0.2, 0.25) is 0 Å². The number of aromatic nitrogens is 2. The van der Waals surface area contributed by atoms with Gasteiger partial charge in [-0.05, 0) is 32.0 Å². The van der Waals surface area contributed by atoms with Crippen LogP contribution in [0, 0.1) is 0 Å². The molecule has 0 amide bonds. The van der Waals surface area contributed by atoms with Crippen molar-refractivity contribution in [3.63, 3.8) is 0 Å². The average molecular weight is 260 g/mol. The first-order chi connectivity index (χ1) is 9.20. The van der Waals surface area contributed by atoms with E-state index in [1.165, 1.54) is 0 Å². The maximum atomic E-state index is 11.5. The van der Waals surface area contributed by atoms with E-state index in [2.05, 4.69) is 10.2 Å². The van der Waals surface area contributed by atoms with Gasteiger partial charge in [-0.2, -0.15) is 5.10 Å². The number of para-hydroxylation sites is 1. The first-order valence-corrected chi connectivity index (χ1v) is 6.15.